The van der Waals surface area contributed by atoms with Crippen LogP contribution >= 0.6 is 24.8 Å². The van der Waals surface area contributed by atoms with E-state index in [1.165, 1.54) is 0 Å². The maximum atomic E-state index is 12.7. The number of rotatable bonds is 6. The number of carbonyl (C=O) groups is 1. The van der Waals surface area contributed by atoms with Gasteiger partial charge in [0.2, 0.25) is 0 Å². The largest absolute Gasteiger partial charge is 0.489 e. The van der Waals surface area contributed by atoms with Gasteiger partial charge in [-0.05, 0) is 56.6 Å². The van der Waals surface area contributed by atoms with Gasteiger partial charge in [-0.2, -0.15) is 0 Å². The highest BCUT2D eigenvalue weighted by molar-refractivity contribution is 5.94. The fourth-order valence-electron chi connectivity index (χ4n) is 3.18. The SMILES string of the molecule is CNCC1CCN(C(=O)c2cccc(OCc3cccnc3)c2)CC1.Cl.Cl. The smallest absolute Gasteiger partial charge is 0.253 e. The molecule has 7 heteroatoms. The molecule has 1 fully saturated rings. The van der Waals surface area contributed by atoms with E-state index in [1.54, 1.807) is 12.4 Å². The molecule has 2 heterocycles. The van der Waals surface area contributed by atoms with E-state index in [0.29, 0.717) is 23.8 Å². The number of benzene rings is 1. The maximum Gasteiger partial charge on any atom is 0.253 e. The molecule has 148 valence electrons. The van der Waals surface area contributed by atoms with Gasteiger partial charge in [-0.25, -0.2) is 0 Å². The van der Waals surface area contributed by atoms with Gasteiger partial charge >= 0.3 is 0 Å². The first-order valence-electron chi connectivity index (χ1n) is 8.82. The zero-order chi connectivity index (χ0) is 17.5. The minimum Gasteiger partial charge on any atom is -0.489 e. The van der Waals surface area contributed by atoms with E-state index in [4.69, 9.17) is 4.74 Å². The molecule has 0 bridgehead atoms. The van der Waals surface area contributed by atoms with Crippen molar-refractivity contribution in [2.75, 3.05) is 26.7 Å². The molecule has 1 N–H and O–H groups in total. The van der Waals surface area contributed by atoms with Crippen molar-refractivity contribution in [1.82, 2.24) is 15.2 Å². The number of pyridine rings is 1. The minimum absolute atomic E-state index is 0. The molecule has 1 aliphatic heterocycles. The molecule has 1 saturated heterocycles. The Hall–Kier alpha value is -1.82. The van der Waals surface area contributed by atoms with Gasteiger partial charge in [0, 0.05) is 36.6 Å². The predicted octanol–water partition coefficient (Wildman–Crippen LogP) is 3.58. The molecule has 0 spiro atoms. The van der Waals surface area contributed by atoms with Crippen LogP contribution < -0.4 is 10.1 Å². The van der Waals surface area contributed by atoms with Crippen molar-refractivity contribution in [2.45, 2.75) is 19.4 Å². The Bertz CT molecular complexity index is 693. The molecule has 5 nitrogen and oxygen atoms in total. The fourth-order valence-corrected chi connectivity index (χ4v) is 3.18. The summed E-state index contributed by atoms with van der Waals surface area (Å²) in [5.74, 6) is 1.47. The summed E-state index contributed by atoms with van der Waals surface area (Å²) in [4.78, 5) is 18.8. The van der Waals surface area contributed by atoms with E-state index in [-0.39, 0.29) is 30.7 Å². The molecule has 0 aliphatic carbocycles. The third-order valence-electron chi connectivity index (χ3n) is 4.60. The molecule has 2 aromatic rings. The number of piperidine rings is 1. The standard InChI is InChI=1S/C20H25N3O2.2ClH/c1-21-13-16-7-10-23(11-8-16)20(24)18-5-2-6-19(12-18)25-15-17-4-3-9-22-14-17;;/h2-6,9,12,14,16,21H,7-8,10-11,13,15H2,1H3;2*1H. The van der Waals surface area contributed by atoms with Crippen LogP contribution in [0.25, 0.3) is 0 Å². The molecular weight excluding hydrogens is 385 g/mol. The number of nitrogens with zero attached hydrogens (tertiary/aromatic N) is 2. The second kappa shape index (κ2) is 11.8. The fraction of sp³-hybridized carbons (Fsp3) is 0.400. The van der Waals surface area contributed by atoms with E-state index < -0.39 is 0 Å². The van der Waals surface area contributed by atoms with E-state index in [2.05, 4.69) is 10.3 Å². The van der Waals surface area contributed by atoms with Gasteiger partial charge in [-0.1, -0.05) is 12.1 Å². The lowest BCUT2D eigenvalue weighted by atomic mass is 9.96. The lowest BCUT2D eigenvalue weighted by Gasteiger charge is -2.32. The topological polar surface area (TPSA) is 54.5 Å². The lowest BCUT2D eigenvalue weighted by molar-refractivity contribution is 0.0690. The Labute approximate surface area is 173 Å². The Morgan fingerprint density at radius 2 is 2.00 bits per heavy atom. The third-order valence-corrected chi connectivity index (χ3v) is 4.60. The molecule has 1 amide bonds. The first-order chi connectivity index (χ1) is 12.3. The molecule has 1 aromatic carbocycles. The van der Waals surface area contributed by atoms with Crippen molar-refractivity contribution in [1.29, 1.82) is 0 Å². The molecule has 1 aromatic heterocycles. The normalized spacial score (nSPS) is 14.0. The number of halogens is 2. The number of hydrogen-bond donors (Lipinski definition) is 1. The van der Waals surface area contributed by atoms with Crippen LogP contribution in [0.5, 0.6) is 5.75 Å². The minimum atomic E-state index is 0. The van der Waals surface area contributed by atoms with Crippen LogP contribution in [0.3, 0.4) is 0 Å². The van der Waals surface area contributed by atoms with Crippen molar-refractivity contribution in [3.8, 4) is 5.75 Å². The molecule has 0 unspecified atom stereocenters. The van der Waals surface area contributed by atoms with Crippen molar-refractivity contribution in [2.24, 2.45) is 5.92 Å². The van der Waals surface area contributed by atoms with E-state index >= 15 is 0 Å². The average molecular weight is 412 g/mol. The lowest BCUT2D eigenvalue weighted by Crippen LogP contribution is -2.40. The Balaban J connectivity index is 0.00000182. The molecule has 0 saturated carbocycles. The van der Waals surface area contributed by atoms with Gasteiger partial charge < -0.3 is 15.0 Å². The highest BCUT2D eigenvalue weighted by Crippen LogP contribution is 2.21. The molecule has 0 atom stereocenters. The summed E-state index contributed by atoms with van der Waals surface area (Å²) >= 11 is 0. The van der Waals surface area contributed by atoms with Crippen LogP contribution in [-0.4, -0.2) is 42.5 Å². The number of nitrogens with one attached hydrogen (secondary N) is 1. The highest BCUT2D eigenvalue weighted by atomic mass is 35.5. The van der Waals surface area contributed by atoms with Crippen molar-refractivity contribution < 1.29 is 9.53 Å². The Morgan fingerprint density at radius 3 is 2.67 bits per heavy atom. The summed E-state index contributed by atoms with van der Waals surface area (Å²) in [6.07, 6.45) is 5.64. The number of aromatic nitrogens is 1. The number of carbonyl (C=O) groups excluding carboxylic acids is 1. The van der Waals surface area contributed by atoms with Crippen molar-refractivity contribution >= 4 is 30.7 Å². The molecule has 1 aliphatic rings. The van der Waals surface area contributed by atoms with Crippen molar-refractivity contribution in [3.63, 3.8) is 0 Å². The quantitative estimate of drug-likeness (QED) is 0.788. The van der Waals surface area contributed by atoms with Crippen LogP contribution in [0.1, 0.15) is 28.8 Å². The van der Waals surface area contributed by atoms with Crippen LogP contribution in [0.2, 0.25) is 0 Å². The van der Waals surface area contributed by atoms with Gasteiger partial charge in [0.1, 0.15) is 12.4 Å². The van der Waals surface area contributed by atoms with Crippen LogP contribution in [0.4, 0.5) is 0 Å². The first-order valence-corrected chi connectivity index (χ1v) is 8.82. The van der Waals surface area contributed by atoms with Gasteiger partial charge in [-0.3, -0.25) is 9.78 Å². The van der Waals surface area contributed by atoms with Gasteiger partial charge in [-0.15, -0.1) is 24.8 Å². The number of likely N-dealkylation sites (tertiary alicyclic amines) is 1. The summed E-state index contributed by atoms with van der Waals surface area (Å²) in [7, 11) is 1.98. The second-order valence-corrected chi connectivity index (χ2v) is 6.47. The molecule has 27 heavy (non-hydrogen) atoms. The van der Waals surface area contributed by atoms with Gasteiger partial charge in [0.05, 0.1) is 0 Å². The number of hydrogen-bond acceptors (Lipinski definition) is 4. The molecule has 0 radical (unpaired) electrons. The van der Waals surface area contributed by atoms with Crippen LogP contribution in [0.15, 0.2) is 48.8 Å². The van der Waals surface area contributed by atoms with E-state index in [0.717, 1.165) is 38.0 Å². The third kappa shape index (κ3) is 6.69. The Kier molecular flexibility index (Phi) is 10.1. The summed E-state index contributed by atoms with van der Waals surface area (Å²) < 4.78 is 5.80. The summed E-state index contributed by atoms with van der Waals surface area (Å²) in [5, 5.41) is 3.22. The van der Waals surface area contributed by atoms with Gasteiger partial charge in [0.15, 0.2) is 0 Å². The predicted molar refractivity (Wildman–Crippen MR) is 112 cm³/mol. The molecule has 3 rings (SSSR count). The van der Waals surface area contributed by atoms with Crippen LogP contribution in [-0.2, 0) is 6.61 Å². The number of ether oxygens (including phenoxy) is 1. The number of amides is 1. The second-order valence-electron chi connectivity index (χ2n) is 6.47. The Morgan fingerprint density at radius 1 is 1.22 bits per heavy atom. The molecular formula is C20H27Cl2N3O2. The summed E-state index contributed by atoms with van der Waals surface area (Å²) in [6, 6.07) is 11.3. The first kappa shape index (κ1) is 23.2. The highest BCUT2D eigenvalue weighted by Gasteiger charge is 2.23. The van der Waals surface area contributed by atoms with Crippen molar-refractivity contribution in [3.05, 3.63) is 59.9 Å². The van der Waals surface area contributed by atoms with E-state index in [1.807, 2.05) is 48.3 Å². The summed E-state index contributed by atoms with van der Waals surface area (Å²) in [6.45, 7) is 3.12. The zero-order valence-corrected chi connectivity index (χ0v) is 17.1. The maximum absolute atomic E-state index is 12.7. The van der Waals surface area contributed by atoms with Crippen LogP contribution in [0, 0.1) is 5.92 Å². The average Bonchev–Trinajstić information content (AvgIpc) is 2.68. The van der Waals surface area contributed by atoms with Gasteiger partial charge in [0.25, 0.3) is 5.91 Å². The zero-order valence-electron chi connectivity index (χ0n) is 15.5. The summed E-state index contributed by atoms with van der Waals surface area (Å²) in [5.41, 5.74) is 1.70. The van der Waals surface area contributed by atoms with E-state index in [9.17, 15) is 4.79 Å². The monoisotopic (exact) mass is 411 g/mol.